The molecule has 0 saturated carbocycles. The summed E-state index contributed by atoms with van der Waals surface area (Å²) in [6.07, 6.45) is 4.10. The summed E-state index contributed by atoms with van der Waals surface area (Å²) in [4.78, 5) is 21.7. The first-order valence-corrected chi connectivity index (χ1v) is 13.8. The third-order valence-corrected chi connectivity index (χ3v) is 8.82. The Balaban J connectivity index is 1.44. The number of ketones is 1. The number of Topliss-reactive ketones (excluding diaryl/α,β-unsaturated/α-hetero) is 1. The highest BCUT2D eigenvalue weighted by molar-refractivity contribution is 6.22. The lowest BCUT2D eigenvalue weighted by Gasteiger charge is -2.41. The van der Waals surface area contributed by atoms with Crippen LogP contribution in [-0.2, 0) is 27.8 Å². The van der Waals surface area contributed by atoms with Crippen LogP contribution in [-0.4, -0.2) is 56.1 Å². The van der Waals surface area contributed by atoms with Gasteiger partial charge in [-0.05, 0) is 66.5 Å². The van der Waals surface area contributed by atoms with E-state index in [0.29, 0.717) is 11.7 Å². The van der Waals surface area contributed by atoms with E-state index in [1.807, 2.05) is 18.2 Å². The minimum Gasteiger partial charge on any atom is -0.379 e. The number of allylic oxidation sites excluding steroid dienone is 2. The van der Waals surface area contributed by atoms with E-state index in [1.165, 1.54) is 35.2 Å². The largest absolute Gasteiger partial charge is 0.379 e. The third kappa shape index (κ3) is 4.85. The normalized spacial score (nSPS) is 19.2. The van der Waals surface area contributed by atoms with Crippen LogP contribution in [0.4, 0.5) is 11.4 Å². The van der Waals surface area contributed by atoms with Crippen molar-refractivity contribution in [1.82, 2.24) is 4.90 Å². The summed E-state index contributed by atoms with van der Waals surface area (Å²) in [5, 5.41) is 0. The van der Waals surface area contributed by atoms with Crippen LogP contribution in [0.3, 0.4) is 0 Å². The molecular formula is C32H39N3O2. The second-order valence-electron chi connectivity index (χ2n) is 11.2. The Bertz CT molecular complexity index is 1260. The molecule has 5 nitrogen and oxygen atoms in total. The summed E-state index contributed by atoms with van der Waals surface area (Å²) in [6, 6.07) is 13.4. The molecule has 2 saturated heterocycles. The minimum absolute atomic E-state index is 0.105. The van der Waals surface area contributed by atoms with Crippen molar-refractivity contribution in [1.29, 1.82) is 0 Å². The summed E-state index contributed by atoms with van der Waals surface area (Å²) in [6.45, 7) is 21.8. The van der Waals surface area contributed by atoms with Crippen molar-refractivity contribution in [3.05, 3.63) is 75.6 Å². The van der Waals surface area contributed by atoms with Crippen LogP contribution < -0.4 is 4.90 Å². The minimum atomic E-state index is -0.300. The molecule has 0 atom stereocenters. The maximum absolute atomic E-state index is 12.9. The highest BCUT2D eigenvalue weighted by Gasteiger charge is 2.36. The van der Waals surface area contributed by atoms with Gasteiger partial charge in [0.25, 0.3) is 0 Å². The van der Waals surface area contributed by atoms with Crippen molar-refractivity contribution in [2.45, 2.75) is 64.8 Å². The Hall–Kier alpha value is -2.94. The highest BCUT2D eigenvalue weighted by atomic mass is 16.5. The zero-order valence-corrected chi connectivity index (χ0v) is 22.8. The van der Waals surface area contributed by atoms with Crippen LogP contribution in [0.5, 0.6) is 0 Å². The van der Waals surface area contributed by atoms with E-state index < -0.39 is 0 Å². The fourth-order valence-electron chi connectivity index (χ4n) is 6.55. The van der Waals surface area contributed by atoms with Gasteiger partial charge in [-0.1, -0.05) is 51.1 Å². The molecule has 194 valence electrons. The molecular weight excluding hydrogens is 458 g/mol. The molecule has 0 aromatic heterocycles. The first kappa shape index (κ1) is 25.7. The number of morpholine rings is 1. The summed E-state index contributed by atoms with van der Waals surface area (Å²) in [5.41, 5.74) is 8.42. The molecule has 5 rings (SSSR count). The third-order valence-electron chi connectivity index (χ3n) is 8.82. The predicted octanol–water partition coefficient (Wildman–Crippen LogP) is 5.98. The van der Waals surface area contributed by atoms with Crippen LogP contribution in [0.1, 0.15) is 62.8 Å². The molecule has 37 heavy (non-hydrogen) atoms. The number of nitrogens with zero attached hydrogens (tertiary/aromatic N) is 3. The fraction of sp³-hybridized carbons (Fsp3) is 0.500. The van der Waals surface area contributed by atoms with Crippen molar-refractivity contribution in [2.24, 2.45) is 0 Å². The monoisotopic (exact) mass is 497 g/mol. The number of fused-ring (bicyclic) bond motifs is 1. The summed E-state index contributed by atoms with van der Waals surface area (Å²) < 4.78 is 5.56. The molecule has 2 aromatic rings. The molecule has 0 N–H and O–H groups in total. The molecule has 0 bridgehead atoms. The Kier molecular flexibility index (Phi) is 7.25. The topological polar surface area (TPSA) is 37.1 Å². The second kappa shape index (κ2) is 10.4. The predicted molar refractivity (Wildman–Crippen MR) is 150 cm³/mol. The molecule has 0 radical (unpaired) electrons. The van der Waals surface area contributed by atoms with Crippen molar-refractivity contribution in [3.63, 3.8) is 0 Å². The molecule has 3 aliphatic rings. The Morgan fingerprint density at radius 3 is 2.46 bits per heavy atom. The number of aryl methyl sites for hydroxylation is 1. The standard InChI is InChI=1S/C32H39N3O2/c1-6-23-7-8-25(21-30(23)35-13-11-27(12-14-35)34-15-17-37-18-16-34)32(3,4)29-20-24-19-26(33-5)9-10-28(24)31(29)22(2)36/h7-10,19,21,27H,6,11-18,20H2,1-4H3. The zero-order chi connectivity index (χ0) is 26.2. The van der Waals surface area contributed by atoms with Gasteiger partial charge in [-0.15, -0.1) is 0 Å². The summed E-state index contributed by atoms with van der Waals surface area (Å²) in [7, 11) is 0. The average Bonchev–Trinajstić information content (AvgIpc) is 3.33. The van der Waals surface area contributed by atoms with Gasteiger partial charge in [0, 0.05) is 48.9 Å². The molecule has 2 aliphatic heterocycles. The van der Waals surface area contributed by atoms with E-state index in [0.717, 1.165) is 68.9 Å². The van der Waals surface area contributed by atoms with Gasteiger partial charge in [0.15, 0.2) is 11.5 Å². The highest BCUT2D eigenvalue weighted by Crippen LogP contribution is 2.46. The number of rotatable bonds is 6. The Morgan fingerprint density at radius 2 is 1.81 bits per heavy atom. The van der Waals surface area contributed by atoms with Crippen molar-refractivity contribution in [3.8, 4) is 0 Å². The first-order chi connectivity index (χ1) is 17.8. The first-order valence-electron chi connectivity index (χ1n) is 13.8. The molecule has 5 heteroatoms. The number of anilines is 1. The van der Waals surface area contributed by atoms with Gasteiger partial charge >= 0.3 is 0 Å². The van der Waals surface area contributed by atoms with E-state index in [2.05, 4.69) is 53.6 Å². The molecule has 0 spiro atoms. The number of hydrogen-bond acceptors (Lipinski definition) is 4. The van der Waals surface area contributed by atoms with Gasteiger partial charge in [-0.3, -0.25) is 9.69 Å². The number of piperidine rings is 1. The zero-order valence-electron chi connectivity index (χ0n) is 22.8. The van der Waals surface area contributed by atoms with Crippen molar-refractivity contribution < 1.29 is 9.53 Å². The van der Waals surface area contributed by atoms with E-state index in [-0.39, 0.29) is 11.2 Å². The quantitative estimate of drug-likeness (QED) is 0.460. The van der Waals surface area contributed by atoms with Gasteiger partial charge in [0.05, 0.1) is 19.8 Å². The average molecular weight is 498 g/mol. The lowest BCUT2D eigenvalue weighted by Crippen LogP contribution is -2.49. The molecule has 0 unspecified atom stereocenters. The number of ether oxygens (including phenoxy) is 1. The Morgan fingerprint density at radius 1 is 1.08 bits per heavy atom. The maximum atomic E-state index is 12.9. The molecule has 0 amide bonds. The maximum Gasteiger partial charge on any atom is 0.187 e. The SMILES string of the molecule is [C-]#[N+]c1ccc2c(c1)CC(C(C)(C)c1ccc(CC)c(N3CCC(N4CCOCC4)CC3)c1)=C2C(C)=O. The molecule has 1 aliphatic carbocycles. The lowest BCUT2D eigenvalue weighted by molar-refractivity contribution is -0.111. The van der Waals surface area contributed by atoms with Crippen molar-refractivity contribution >= 4 is 22.7 Å². The number of benzene rings is 2. The fourth-order valence-corrected chi connectivity index (χ4v) is 6.55. The number of hydrogen-bond donors (Lipinski definition) is 0. The van der Waals surface area contributed by atoms with Gasteiger partial charge in [-0.25, -0.2) is 4.85 Å². The van der Waals surface area contributed by atoms with Gasteiger partial charge in [0.1, 0.15) is 0 Å². The van der Waals surface area contributed by atoms with E-state index in [9.17, 15) is 4.79 Å². The smallest absolute Gasteiger partial charge is 0.187 e. The van der Waals surface area contributed by atoms with Crippen molar-refractivity contribution in [2.75, 3.05) is 44.3 Å². The van der Waals surface area contributed by atoms with Gasteiger partial charge < -0.3 is 9.64 Å². The molecule has 2 aromatic carbocycles. The molecule has 2 heterocycles. The van der Waals surface area contributed by atoms with E-state index >= 15 is 0 Å². The van der Waals surface area contributed by atoms with Crippen LogP contribution in [0, 0.1) is 6.57 Å². The molecule has 2 fully saturated rings. The van der Waals surface area contributed by atoms with Crippen LogP contribution in [0.15, 0.2) is 42.0 Å². The second-order valence-corrected chi connectivity index (χ2v) is 11.2. The Labute approximate surface area is 221 Å². The van der Waals surface area contributed by atoms with Gasteiger partial charge in [-0.2, -0.15) is 0 Å². The lowest BCUT2D eigenvalue weighted by atomic mass is 9.74. The number of carbonyl (C=O) groups excluding carboxylic acids is 1. The summed E-state index contributed by atoms with van der Waals surface area (Å²) in [5.74, 6) is 0.105. The van der Waals surface area contributed by atoms with Crippen LogP contribution in [0.2, 0.25) is 0 Å². The number of carbonyl (C=O) groups is 1. The van der Waals surface area contributed by atoms with E-state index in [1.54, 1.807) is 6.92 Å². The van der Waals surface area contributed by atoms with Crippen LogP contribution in [0.25, 0.3) is 10.4 Å². The van der Waals surface area contributed by atoms with Gasteiger partial charge in [0.2, 0.25) is 0 Å². The van der Waals surface area contributed by atoms with Crippen LogP contribution >= 0.6 is 0 Å². The van der Waals surface area contributed by atoms with E-state index in [4.69, 9.17) is 11.3 Å². The summed E-state index contributed by atoms with van der Waals surface area (Å²) >= 11 is 0.